The molecule has 3 atom stereocenters. The van der Waals surface area contributed by atoms with Gasteiger partial charge >= 0.3 is 35.5 Å². The number of urea groups is 1. The molecule has 0 aliphatic heterocycles. The summed E-state index contributed by atoms with van der Waals surface area (Å²) in [5.41, 5.74) is -2.40. The van der Waals surface area contributed by atoms with Gasteiger partial charge in [0.05, 0.1) is 11.1 Å². The number of amides is 2. The van der Waals surface area contributed by atoms with Crippen LogP contribution in [0.2, 0.25) is 0 Å². The SMILES string of the molecule is C[C@@H](NC(=O)Nc1cc(C(F)(F)F)cc(C(F)(F)F)c1)C1CCCC1P(c1ccccc1)c1ccccc1.[CH3-].[CH3-].[Fe+2].c1ccc(P(c2ccccc2)C2CCCC2)cc1. The monoisotopic (exact) mass is 892 g/mol. The van der Waals surface area contributed by atoms with Crippen molar-refractivity contribution in [2.45, 2.75) is 81.6 Å². The number of nitrogens with one attached hydrogen (secondary N) is 2. The smallest absolute Gasteiger partial charge is 0.358 e. The number of benzene rings is 5. The zero-order chi connectivity index (χ0) is 39.7. The maximum Gasteiger partial charge on any atom is 2.00 e. The van der Waals surface area contributed by atoms with Crippen molar-refractivity contribution in [1.29, 1.82) is 0 Å². The van der Waals surface area contributed by atoms with Crippen molar-refractivity contribution in [3.8, 4) is 0 Å². The first-order valence-corrected chi connectivity index (χ1v) is 21.9. The Morgan fingerprint density at radius 2 is 0.966 bits per heavy atom. The Kier molecular flexibility index (Phi) is 19.2. The Bertz CT molecular complexity index is 1870. The van der Waals surface area contributed by atoms with Crippen LogP contribution in [0.1, 0.15) is 63.0 Å². The van der Waals surface area contributed by atoms with E-state index in [1.165, 1.54) is 36.3 Å². The van der Waals surface area contributed by atoms with Crippen LogP contribution in [0.25, 0.3) is 0 Å². The van der Waals surface area contributed by atoms with Crippen molar-refractivity contribution in [2.75, 3.05) is 5.32 Å². The topological polar surface area (TPSA) is 41.1 Å². The molecule has 5 aromatic carbocycles. The fourth-order valence-corrected chi connectivity index (χ4v) is 14.3. The normalized spacial score (nSPS) is 17.1. The molecule has 2 aliphatic carbocycles. The number of hydrogen-bond donors (Lipinski definition) is 2. The second-order valence-corrected chi connectivity index (χ2v) is 19.3. The van der Waals surface area contributed by atoms with Gasteiger partial charge in [-0.05, 0) is 105 Å². The number of carbonyl (C=O) groups is 1. The Hall–Kier alpha value is -3.67. The molecule has 2 amide bonds. The van der Waals surface area contributed by atoms with Crippen molar-refractivity contribution in [3.05, 3.63) is 166 Å². The quantitative estimate of drug-likeness (QED) is 0.0658. The Balaban J connectivity index is 0.000000372. The van der Waals surface area contributed by atoms with Gasteiger partial charge in [-0.15, -0.1) is 0 Å². The van der Waals surface area contributed by atoms with Crippen molar-refractivity contribution < 1.29 is 48.2 Å². The van der Waals surface area contributed by atoms with E-state index in [2.05, 4.69) is 95.6 Å². The zero-order valence-electron chi connectivity index (χ0n) is 33.5. The third-order valence-electron chi connectivity index (χ3n) is 10.5. The Morgan fingerprint density at radius 1 is 0.576 bits per heavy atom. The molecule has 0 saturated heterocycles. The molecule has 2 saturated carbocycles. The standard InChI is InChI=1S/C28H27F6N2OP.C17H19P.2CH3.Fe/c1-18(35-26(37)36-21-16-19(27(29,30)31)15-20(17-21)28(32,33)34)24-13-8-14-25(24)38(22-9-4-2-5-10-22)23-11-6-3-7-12-23;1-3-9-15(10-4-1)18(17-13-7-8-14-17)16-11-5-2-6-12-16;;;/h2-7,9-12,15-18,24-25H,8,13-14H2,1H3,(H2,35,36,37);1-6,9-12,17H,7-8,13-14H2;2*1H3;/q;;2*-1;+2/t18-,24?,25?;;;;/m1..../s1. The largest absolute Gasteiger partial charge is 2.00 e. The van der Waals surface area contributed by atoms with E-state index < -0.39 is 43.1 Å². The molecule has 0 bridgehead atoms. The van der Waals surface area contributed by atoms with Gasteiger partial charge < -0.3 is 25.5 Å². The van der Waals surface area contributed by atoms with E-state index in [0.717, 1.165) is 24.9 Å². The van der Waals surface area contributed by atoms with Crippen LogP contribution in [0.4, 0.5) is 36.8 Å². The van der Waals surface area contributed by atoms with Gasteiger partial charge in [-0.2, -0.15) is 26.3 Å². The van der Waals surface area contributed by atoms with E-state index >= 15 is 0 Å². The van der Waals surface area contributed by atoms with E-state index in [1.807, 2.05) is 43.3 Å². The summed E-state index contributed by atoms with van der Waals surface area (Å²) < 4.78 is 79.2. The molecule has 0 heterocycles. The molecular formula is C47H52F6FeN2OP2. The molecule has 7 rings (SSSR count). The third kappa shape index (κ3) is 13.4. The number of hydrogen-bond acceptors (Lipinski definition) is 1. The molecule has 0 spiro atoms. The third-order valence-corrected chi connectivity index (χ3v) is 16.5. The minimum Gasteiger partial charge on any atom is -0.358 e. The fraction of sp³-hybridized carbons (Fsp3) is 0.298. The number of halogens is 6. The van der Waals surface area contributed by atoms with E-state index in [-0.39, 0.29) is 63.5 Å². The molecule has 12 heteroatoms. The van der Waals surface area contributed by atoms with E-state index in [4.69, 9.17) is 0 Å². The van der Waals surface area contributed by atoms with E-state index in [1.54, 1.807) is 10.6 Å². The molecule has 59 heavy (non-hydrogen) atoms. The maximum absolute atomic E-state index is 13.2. The summed E-state index contributed by atoms with van der Waals surface area (Å²) >= 11 is 0. The first-order valence-electron chi connectivity index (χ1n) is 19.0. The van der Waals surface area contributed by atoms with Gasteiger partial charge in [-0.1, -0.05) is 141 Å². The molecule has 0 aromatic heterocycles. The summed E-state index contributed by atoms with van der Waals surface area (Å²) in [7, 11) is -0.905. The summed E-state index contributed by atoms with van der Waals surface area (Å²) in [5.74, 6) is 0.0829. The summed E-state index contributed by atoms with van der Waals surface area (Å²) in [6.07, 6.45) is -1.56. The summed E-state index contributed by atoms with van der Waals surface area (Å²) in [6.45, 7) is 1.83. The van der Waals surface area contributed by atoms with E-state index in [9.17, 15) is 31.1 Å². The number of carbonyl (C=O) groups excluding carboxylic acids is 1. The predicted molar refractivity (Wildman–Crippen MR) is 232 cm³/mol. The van der Waals surface area contributed by atoms with Gasteiger partial charge in [0.15, 0.2) is 0 Å². The molecular weight excluding hydrogens is 840 g/mol. The van der Waals surface area contributed by atoms with Crippen LogP contribution in [0.5, 0.6) is 0 Å². The van der Waals surface area contributed by atoms with Crippen molar-refractivity contribution in [3.63, 3.8) is 0 Å². The summed E-state index contributed by atoms with van der Waals surface area (Å²) in [6, 6.07) is 42.4. The number of anilines is 1. The maximum atomic E-state index is 13.2. The minimum atomic E-state index is -5.00. The van der Waals surface area contributed by atoms with Crippen molar-refractivity contribution >= 4 is 48.8 Å². The van der Waals surface area contributed by atoms with Crippen LogP contribution >= 0.6 is 15.8 Å². The molecule has 2 fully saturated rings. The number of rotatable bonds is 9. The van der Waals surface area contributed by atoms with Gasteiger partial charge in [-0.25, -0.2) is 4.79 Å². The second-order valence-electron chi connectivity index (χ2n) is 14.4. The van der Waals surface area contributed by atoms with Gasteiger partial charge in [-0.3, -0.25) is 0 Å². The molecule has 0 radical (unpaired) electrons. The van der Waals surface area contributed by atoms with Crippen LogP contribution in [-0.4, -0.2) is 23.4 Å². The zero-order valence-corrected chi connectivity index (χ0v) is 36.4. The predicted octanol–water partition coefficient (Wildman–Crippen LogP) is 12.5. The van der Waals surface area contributed by atoms with Crippen LogP contribution in [-0.2, 0) is 29.4 Å². The van der Waals surface area contributed by atoms with Crippen LogP contribution in [0.3, 0.4) is 0 Å². The van der Waals surface area contributed by atoms with Gasteiger partial charge in [0, 0.05) is 11.7 Å². The first-order chi connectivity index (χ1) is 26.9. The Morgan fingerprint density at radius 3 is 1.36 bits per heavy atom. The molecule has 2 unspecified atom stereocenters. The number of alkyl halides is 6. The van der Waals surface area contributed by atoms with Crippen LogP contribution < -0.4 is 31.9 Å². The average Bonchev–Trinajstić information content (AvgIpc) is 3.90. The van der Waals surface area contributed by atoms with Crippen LogP contribution in [0.15, 0.2) is 140 Å². The molecule has 316 valence electrons. The summed E-state index contributed by atoms with van der Waals surface area (Å²) in [4.78, 5) is 12.7. The first kappa shape index (κ1) is 49.7. The summed E-state index contributed by atoms with van der Waals surface area (Å²) in [5, 5.41) is 10.5. The molecule has 2 N–H and O–H groups in total. The fourth-order valence-electron chi connectivity index (χ4n) is 8.00. The van der Waals surface area contributed by atoms with Crippen molar-refractivity contribution in [2.24, 2.45) is 5.92 Å². The molecule has 3 nitrogen and oxygen atoms in total. The minimum absolute atomic E-state index is 0. The molecule has 5 aromatic rings. The van der Waals surface area contributed by atoms with Crippen LogP contribution in [0, 0.1) is 20.8 Å². The Labute approximate surface area is 359 Å². The van der Waals surface area contributed by atoms with E-state index in [0.29, 0.717) is 12.1 Å². The molecule has 2 aliphatic rings. The second kappa shape index (κ2) is 22.8. The van der Waals surface area contributed by atoms with Gasteiger partial charge in [0.1, 0.15) is 0 Å². The van der Waals surface area contributed by atoms with Crippen molar-refractivity contribution in [1.82, 2.24) is 5.32 Å². The van der Waals surface area contributed by atoms with Gasteiger partial charge in [0.25, 0.3) is 0 Å². The van der Waals surface area contributed by atoms with Gasteiger partial charge in [0.2, 0.25) is 0 Å². The average molecular weight is 893 g/mol.